The summed E-state index contributed by atoms with van der Waals surface area (Å²) in [6.45, 7) is 9.69. The summed E-state index contributed by atoms with van der Waals surface area (Å²) in [7, 11) is 0. The van der Waals surface area contributed by atoms with Gasteiger partial charge in [-0.2, -0.15) is 0 Å². The summed E-state index contributed by atoms with van der Waals surface area (Å²) in [6.07, 6.45) is 0. The van der Waals surface area contributed by atoms with E-state index in [0.29, 0.717) is 5.76 Å². The molecular formula is C14H16O2S. The van der Waals surface area contributed by atoms with Crippen LogP contribution in [0.2, 0.25) is 0 Å². The van der Waals surface area contributed by atoms with Crippen molar-refractivity contribution in [3.05, 3.63) is 44.0 Å². The number of thiophene rings is 1. The lowest BCUT2D eigenvalue weighted by molar-refractivity contribution is 0.103. The lowest BCUT2D eigenvalue weighted by Gasteiger charge is -2.00. The third-order valence-corrected chi connectivity index (χ3v) is 4.04. The van der Waals surface area contributed by atoms with Crippen molar-refractivity contribution < 1.29 is 9.21 Å². The summed E-state index contributed by atoms with van der Waals surface area (Å²) in [6, 6.07) is 1.96. The van der Waals surface area contributed by atoms with E-state index in [-0.39, 0.29) is 5.78 Å². The molecule has 0 aromatic carbocycles. The highest BCUT2D eigenvalue weighted by Crippen LogP contribution is 2.28. The monoisotopic (exact) mass is 248 g/mol. The minimum atomic E-state index is 0.0821. The van der Waals surface area contributed by atoms with Crippen LogP contribution in [0.5, 0.6) is 0 Å². The van der Waals surface area contributed by atoms with Gasteiger partial charge in [-0.1, -0.05) is 0 Å². The van der Waals surface area contributed by atoms with Crippen molar-refractivity contribution >= 4 is 17.1 Å². The Balaban J connectivity index is 2.55. The van der Waals surface area contributed by atoms with Gasteiger partial charge in [0.15, 0.2) is 5.78 Å². The van der Waals surface area contributed by atoms with Crippen molar-refractivity contribution in [3.8, 4) is 0 Å². The Kier molecular flexibility index (Phi) is 2.96. The van der Waals surface area contributed by atoms with E-state index in [1.165, 1.54) is 4.88 Å². The van der Waals surface area contributed by atoms with Crippen LogP contribution < -0.4 is 0 Å². The average molecular weight is 248 g/mol. The summed E-state index contributed by atoms with van der Waals surface area (Å²) in [5.41, 5.74) is 2.48. The molecule has 0 aliphatic carbocycles. The number of carbonyl (C=O) groups is 1. The lowest BCUT2D eigenvalue weighted by Crippen LogP contribution is -2.03. The fourth-order valence-electron chi connectivity index (χ4n) is 2.12. The second-order valence-electron chi connectivity index (χ2n) is 4.37. The Labute approximate surface area is 105 Å². The third kappa shape index (κ3) is 1.95. The van der Waals surface area contributed by atoms with Gasteiger partial charge in [-0.3, -0.25) is 4.79 Å². The SMILES string of the molecule is Cc1cc(C(=O)c2c(C)oc(C)c2C)c(C)s1. The highest BCUT2D eigenvalue weighted by molar-refractivity contribution is 7.12. The van der Waals surface area contributed by atoms with Crippen LogP contribution in [0, 0.1) is 34.6 Å². The number of aryl methyl sites for hydroxylation is 4. The van der Waals surface area contributed by atoms with E-state index in [9.17, 15) is 4.79 Å². The predicted molar refractivity (Wildman–Crippen MR) is 70.1 cm³/mol. The zero-order valence-electron chi connectivity index (χ0n) is 10.8. The van der Waals surface area contributed by atoms with Gasteiger partial charge in [0.1, 0.15) is 11.5 Å². The quantitative estimate of drug-likeness (QED) is 0.748. The number of carbonyl (C=O) groups excluding carboxylic acids is 1. The molecule has 2 rings (SSSR count). The Morgan fingerprint density at radius 3 is 2.18 bits per heavy atom. The van der Waals surface area contributed by atoms with Crippen LogP contribution in [0.15, 0.2) is 10.5 Å². The van der Waals surface area contributed by atoms with E-state index < -0.39 is 0 Å². The molecule has 0 atom stereocenters. The molecule has 2 nitrogen and oxygen atoms in total. The van der Waals surface area contributed by atoms with Crippen molar-refractivity contribution in [1.29, 1.82) is 0 Å². The first-order chi connectivity index (χ1) is 7.91. The average Bonchev–Trinajstić information content (AvgIpc) is 2.68. The first-order valence-corrected chi connectivity index (χ1v) is 6.41. The normalized spacial score (nSPS) is 10.9. The highest BCUT2D eigenvalue weighted by Gasteiger charge is 2.22. The largest absolute Gasteiger partial charge is 0.466 e. The molecule has 0 aliphatic rings. The van der Waals surface area contributed by atoms with Crippen molar-refractivity contribution in [3.63, 3.8) is 0 Å². The Bertz CT molecular complexity index is 588. The number of hydrogen-bond donors (Lipinski definition) is 0. The fraction of sp³-hybridized carbons (Fsp3) is 0.357. The molecule has 0 bridgehead atoms. The van der Waals surface area contributed by atoms with Gasteiger partial charge >= 0.3 is 0 Å². The number of ketones is 1. The van der Waals surface area contributed by atoms with Crippen molar-refractivity contribution in [2.45, 2.75) is 34.6 Å². The summed E-state index contributed by atoms with van der Waals surface area (Å²) < 4.78 is 5.52. The maximum Gasteiger partial charge on any atom is 0.197 e. The Hall–Kier alpha value is -1.35. The lowest BCUT2D eigenvalue weighted by atomic mass is 10.0. The number of rotatable bonds is 2. The molecule has 0 N–H and O–H groups in total. The van der Waals surface area contributed by atoms with Crippen LogP contribution in [0.3, 0.4) is 0 Å². The molecule has 3 heteroatoms. The Morgan fingerprint density at radius 1 is 1.12 bits per heavy atom. The zero-order valence-corrected chi connectivity index (χ0v) is 11.6. The summed E-state index contributed by atoms with van der Waals surface area (Å²) in [5.74, 6) is 1.63. The van der Waals surface area contributed by atoms with E-state index in [0.717, 1.165) is 27.3 Å². The van der Waals surface area contributed by atoms with Gasteiger partial charge in [0.05, 0.1) is 5.56 Å². The van der Waals surface area contributed by atoms with Crippen LogP contribution >= 0.6 is 11.3 Å². The van der Waals surface area contributed by atoms with E-state index in [2.05, 4.69) is 0 Å². The van der Waals surface area contributed by atoms with Gasteiger partial charge in [0, 0.05) is 20.9 Å². The van der Waals surface area contributed by atoms with Crippen LogP contribution in [-0.2, 0) is 0 Å². The zero-order chi connectivity index (χ0) is 12.7. The summed E-state index contributed by atoms with van der Waals surface area (Å²) in [4.78, 5) is 14.7. The molecule has 0 spiro atoms. The standard InChI is InChI=1S/C14H16O2S/c1-7-6-12(11(5)17-7)14(15)13-8(2)9(3)16-10(13)4/h6H,1-5H3. The molecule has 0 aliphatic heterocycles. The molecule has 0 amide bonds. The van der Waals surface area contributed by atoms with Gasteiger partial charge < -0.3 is 4.42 Å². The molecule has 0 radical (unpaired) electrons. The molecule has 2 heterocycles. The van der Waals surface area contributed by atoms with Crippen LogP contribution in [0.1, 0.15) is 42.8 Å². The molecular weight excluding hydrogens is 232 g/mol. The van der Waals surface area contributed by atoms with Crippen LogP contribution in [-0.4, -0.2) is 5.78 Å². The van der Waals surface area contributed by atoms with E-state index in [1.54, 1.807) is 11.3 Å². The first-order valence-electron chi connectivity index (χ1n) is 5.60. The van der Waals surface area contributed by atoms with E-state index >= 15 is 0 Å². The maximum atomic E-state index is 12.5. The van der Waals surface area contributed by atoms with Crippen molar-refractivity contribution in [1.82, 2.24) is 0 Å². The van der Waals surface area contributed by atoms with Gasteiger partial charge in [0.2, 0.25) is 0 Å². The summed E-state index contributed by atoms with van der Waals surface area (Å²) in [5, 5.41) is 0. The molecule has 2 aromatic rings. The number of hydrogen-bond acceptors (Lipinski definition) is 3. The minimum absolute atomic E-state index is 0.0821. The molecule has 0 unspecified atom stereocenters. The van der Waals surface area contributed by atoms with Crippen LogP contribution in [0.4, 0.5) is 0 Å². The molecule has 0 saturated heterocycles. The third-order valence-electron chi connectivity index (χ3n) is 3.07. The molecule has 0 saturated carbocycles. The van der Waals surface area contributed by atoms with Gasteiger partial charge in [-0.05, 0) is 40.7 Å². The van der Waals surface area contributed by atoms with Gasteiger partial charge in [-0.15, -0.1) is 11.3 Å². The maximum absolute atomic E-state index is 12.5. The highest BCUT2D eigenvalue weighted by atomic mass is 32.1. The van der Waals surface area contributed by atoms with Gasteiger partial charge in [0.25, 0.3) is 0 Å². The second-order valence-corrected chi connectivity index (χ2v) is 5.83. The van der Waals surface area contributed by atoms with Crippen molar-refractivity contribution in [2.24, 2.45) is 0 Å². The summed E-state index contributed by atoms with van der Waals surface area (Å²) >= 11 is 1.66. The Morgan fingerprint density at radius 2 is 1.76 bits per heavy atom. The van der Waals surface area contributed by atoms with Crippen molar-refractivity contribution in [2.75, 3.05) is 0 Å². The van der Waals surface area contributed by atoms with E-state index in [4.69, 9.17) is 4.42 Å². The minimum Gasteiger partial charge on any atom is -0.466 e. The second kappa shape index (κ2) is 4.15. The molecule has 17 heavy (non-hydrogen) atoms. The fourth-order valence-corrected chi connectivity index (χ4v) is 3.04. The first kappa shape index (κ1) is 12.1. The van der Waals surface area contributed by atoms with E-state index in [1.807, 2.05) is 40.7 Å². The molecule has 0 fully saturated rings. The van der Waals surface area contributed by atoms with Crippen LogP contribution in [0.25, 0.3) is 0 Å². The molecule has 90 valence electrons. The van der Waals surface area contributed by atoms with Gasteiger partial charge in [-0.25, -0.2) is 0 Å². The smallest absolute Gasteiger partial charge is 0.197 e. The predicted octanol–water partition coefficient (Wildman–Crippen LogP) is 4.11. The molecule has 2 aromatic heterocycles. The topological polar surface area (TPSA) is 30.2 Å². The number of furan rings is 1.